The minimum absolute atomic E-state index is 0.0349. The number of nitrogens with one attached hydrogen (secondary N) is 1. The normalized spacial score (nSPS) is 18.8. The van der Waals surface area contributed by atoms with E-state index in [4.69, 9.17) is 0 Å². The Morgan fingerprint density at radius 1 is 1.31 bits per heavy atom. The first-order valence-corrected chi connectivity index (χ1v) is 10.9. The highest BCUT2D eigenvalue weighted by Crippen LogP contribution is 2.26. The van der Waals surface area contributed by atoms with Gasteiger partial charge in [-0.25, -0.2) is 0 Å². The van der Waals surface area contributed by atoms with Gasteiger partial charge in [-0.1, -0.05) is 31.4 Å². The quantitative estimate of drug-likeness (QED) is 0.806. The van der Waals surface area contributed by atoms with Crippen LogP contribution in [0.3, 0.4) is 0 Å². The van der Waals surface area contributed by atoms with Gasteiger partial charge in [0.25, 0.3) is 5.91 Å². The number of thioether (sulfide) groups is 1. The number of carbonyl (C=O) groups excluding carboxylic acids is 1. The zero-order valence-electron chi connectivity index (χ0n) is 15.8. The van der Waals surface area contributed by atoms with Gasteiger partial charge in [-0.2, -0.15) is 0 Å². The van der Waals surface area contributed by atoms with Gasteiger partial charge in [0.15, 0.2) is 0 Å². The van der Waals surface area contributed by atoms with Gasteiger partial charge in [-0.3, -0.25) is 9.79 Å². The van der Waals surface area contributed by atoms with Crippen molar-refractivity contribution in [3.63, 3.8) is 0 Å². The Bertz CT molecular complexity index is 692. The van der Waals surface area contributed by atoms with Gasteiger partial charge in [0.2, 0.25) is 0 Å². The molecule has 0 bridgehead atoms. The minimum Gasteiger partial charge on any atom is -0.352 e. The number of rotatable bonds is 6. The minimum atomic E-state index is 0.0349. The average molecular weight is 372 g/mol. The fraction of sp³-hybridized carbons (Fsp3) is 0.524. The van der Waals surface area contributed by atoms with Crippen molar-refractivity contribution in [1.29, 1.82) is 0 Å². The summed E-state index contributed by atoms with van der Waals surface area (Å²) in [5.74, 6) is 1.72. The van der Waals surface area contributed by atoms with Crippen molar-refractivity contribution in [2.45, 2.75) is 39.0 Å². The summed E-state index contributed by atoms with van der Waals surface area (Å²) in [6, 6.07) is 7.96. The number of aliphatic imine (C=N–C) groups is 1. The molecule has 5 heteroatoms. The van der Waals surface area contributed by atoms with Crippen LogP contribution in [0, 0.1) is 5.92 Å². The first-order chi connectivity index (χ1) is 12.7. The van der Waals surface area contributed by atoms with Crippen molar-refractivity contribution in [1.82, 2.24) is 10.2 Å². The van der Waals surface area contributed by atoms with E-state index in [1.165, 1.54) is 32.1 Å². The maximum absolute atomic E-state index is 12.6. The molecule has 3 rings (SSSR count). The smallest absolute Gasteiger partial charge is 0.251 e. The van der Waals surface area contributed by atoms with Crippen LogP contribution in [0.1, 0.15) is 54.9 Å². The summed E-state index contributed by atoms with van der Waals surface area (Å²) in [5.41, 5.74) is 2.93. The number of amidine groups is 1. The SMILES string of the molecule is CS/C=C(/c1cccc(C(=O)NCC2CCCCC2)c1)N1CCN=C1C. The van der Waals surface area contributed by atoms with Gasteiger partial charge >= 0.3 is 0 Å². The van der Waals surface area contributed by atoms with E-state index in [0.29, 0.717) is 5.92 Å². The average Bonchev–Trinajstić information content (AvgIpc) is 3.10. The Hall–Kier alpha value is -1.75. The molecule has 1 amide bonds. The summed E-state index contributed by atoms with van der Waals surface area (Å²) in [4.78, 5) is 19.4. The maximum atomic E-state index is 12.6. The van der Waals surface area contributed by atoms with E-state index in [0.717, 1.165) is 42.3 Å². The van der Waals surface area contributed by atoms with Gasteiger partial charge in [0.1, 0.15) is 5.84 Å². The predicted molar refractivity (Wildman–Crippen MR) is 112 cm³/mol. The number of amides is 1. The van der Waals surface area contributed by atoms with E-state index in [1.807, 2.05) is 25.1 Å². The summed E-state index contributed by atoms with van der Waals surface area (Å²) in [5, 5.41) is 5.29. The molecule has 1 aliphatic heterocycles. The third kappa shape index (κ3) is 4.70. The van der Waals surface area contributed by atoms with Crippen LogP contribution >= 0.6 is 11.8 Å². The summed E-state index contributed by atoms with van der Waals surface area (Å²) in [7, 11) is 0. The second-order valence-corrected chi connectivity index (χ2v) is 7.82. The molecule has 0 aromatic heterocycles. The second kappa shape index (κ2) is 9.26. The molecule has 1 aliphatic carbocycles. The first-order valence-electron chi connectivity index (χ1n) is 9.59. The van der Waals surface area contributed by atoms with E-state index < -0.39 is 0 Å². The van der Waals surface area contributed by atoms with Crippen LogP contribution in [0.5, 0.6) is 0 Å². The van der Waals surface area contributed by atoms with E-state index in [-0.39, 0.29) is 5.91 Å². The van der Waals surface area contributed by atoms with Gasteiger partial charge in [0, 0.05) is 18.7 Å². The lowest BCUT2D eigenvalue weighted by Crippen LogP contribution is -2.30. The van der Waals surface area contributed by atoms with Crippen LogP contribution in [0.15, 0.2) is 34.7 Å². The molecule has 1 aromatic rings. The van der Waals surface area contributed by atoms with Crippen molar-refractivity contribution in [3.8, 4) is 0 Å². The molecule has 1 N–H and O–H groups in total. The fourth-order valence-electron chi connectivity index (χ4n) is 3.80. The highest BCUT2D eigenvalue weighted by atomic mass is 32.2. The summed E-state index contributed by atoms with van der Waals surface area (Å²) in [6.07, 6.45) is 8.49. The largest absolute Gasteiger partial charge is 0.352 e. The lowest BCUT2D eigenvalue weighted by Gasteiger charge is -2.23. The molecule has 26 heavy (non-hydrogen) atoms. The number of hydrogen-bond donors (Lipinski definition) is 1. The topological polar surface area (TPSA) is 44.7 Å². The van der Waals surface area contributed by atoms with Gasteiger partial charge in [-0.15, -0.1) is 11.8 Å². The number of carbonyl (C=O) groups is 1. The number of hydrogen-bond acceptors (Lipinski definition) is 4. The Balaban J connectivity index is 1.70. The van der Waals surface area contributed by atoms with Gasteiger partial charge in [0.05, 0.1) is 12.2 Å². The van der Waals surface area contributed by atoms with Crippen molar-refractivity contribution >= 4 is 29.2 Å². The zero-order chi connectivity index (χ0) is 18.4. The zero-order valence-corrected chi connectivity index (χ0v) is 16.6. The molecule has 0 atom stereocenters. The van der Waals surface area contributed by atoms with E-state index in [9.17, 15) is 4.79 Å². The monoisotopic (exact) mass is 371 g/mol. The molecule has 1 fully saturated rings. The van der Waals surface area contributed by atoms with E-state index in [2.05, 4.69) is 32.9 Å². The molecule has 4 nitrogen and oxygen atoms in total. The third-order valence-electron chi connectivity index (χ3n) is 5.27. The molecular weight excluding hydrogens is 342 g/mol. The van der Waals surface area contributed by atoms with Crippen molar-refractivity contribution < 1.29 is 4.79 Å². The number of nitrogens with zero attached hydrogens (tertiary/aromatic N) is 2. The predicted octanol–water partition coefficient (Wildman–Crippen LogP) is 4.39. The Kier molecular flexibility index (Phi) is 6.78. The van der Waals surface area contributed by atoms with E-state index >= 15 is 0 Å². The summed E-state index contributed by atoms with van der Waals surface area (Å²) >= 11 is 1.68. The molecule has 0 saturated heterocycles. The summed E-state index contributed by atoms with van der Waals surface area (Å²) in [6.45, 7) is 4.58. The van der Waals surface area contributed by atoms with Crippen molar-refractivity contribution in [2.24, 2.45) is 10.9 Å². The second-order valence-electron chi connectivity index (χ2n) is 7.11. The maximum Gasteiger partial charge on any atom is 0.251 e. The summed E-state index contributed by atoms with van der Waals surface area (Å²) < 4.78 is 0. The number of benzene rings is 1. The van der Waals surface area contributed by atoms with Crippen molar-refractivity contribution in [3.05, 3.63) is 40.8 Å². The van der Waals surface area contributed by atoms with E-state index in [1.54, 1.807) is 11.8 Å². The molecule has 1 saturated carbocycles. The lowest BCUT2D eigenvalue weighted by atomic mass is 9.89. The van der Waals surface area contributed by atoms with Crippen LogP contribution in [-0.4, -0.2) is 42.5 Å². The van der Waals surface area contributed by atoms with Crippen LogP contribution in [0.4, 0.5) is 0 Å². The standard InChI is InChI=1S/C21H29N3OS/c1-16-22-11-12-24(16)20(15-26-2)18-9-6-10-19(13-18)21(25)23-14-17-7-4-3-5-8-17/h6,9-10,13,15,17H,3-5,7-8,11-12,14H2,1-2H3,(H,23,25)/b20-15-. The molecule has 140 valence electrons. The molecule has 0 unspecified atom stereocenters. The Morgan fingerprint density at radius 2 is 2.08 bits per heavy atom. The highest BCUT2D eigenvalue weighted by Gasteiger charge is 2.20. The third-order valence-corrected chi connectivity index (χ3v) is 5.73. The molecule has 0 radical (unpaired) electrons. The van der Waals surface area contributed by atoms with Crippen LogP contribution in [0.2, 0.25) is 0 Å². The Labute approximate surface area is 161 Å². The fourth-order valence-corrected chi connectivity index (χ4v) is 4.29. The first kappa shape index (κ1) is 19.0. The molecule has 2 aliphatic rings. The lowest BCUT2D eigenvalue weighted by molar-refractivity contribution is 0.0943. The highest BCUT2D eigenvalue weighted by molar-refractivity contribution is 8.01. The van der Waals surface area contributed by atoms with Gasteiger partial charge in [-0.05, 0) is 55.0 Å². The molecule has 1 aromatic carbocycles. The molecule has 0 spiro atoms. The van der Waals surface area contributed by atoms with Gasteiger partial charge < -0.3 is 10.2 Å². The Morgan fingerprint density at radius 3 is 2.77 bits per heavy atom. The molecular formula is C21H29N3OS. The van der Waals surface area contributed by atoms with Crippen molar-refractivity contribution in [2.75, 3.05) is 25.9 Å². The van der Waals surface area contributed by atoms with Crippen LogP contribution in [0.25, 0.3) is 5.70 Å². The van der Waals surface area contributed by atoms with Crippen LogP contribution < -0.4 is 5.32 Å². The molecule has 1 heterocycles. The van der Waals surface area contributed by atoms with Crippen LogP contribution in [-0.2, 0) is 0 Å².